The van der Waals surface area contributed by atoms with Gasteiger partial charge in [-0.1, -0.05) is 42.0 Å². The van der Waals surface area contributed by atoms with Crippen LogP contribution in [0.3, 0.4) is 0 Å². The Kier molecular flexibility index (Phi) is 5.95. The first-order valence-corrected chi connectivity index (χ1v) is 11.9. The van der Waals surface area contributed by atoms with E-state index in [2.05, 4.69) is 11.0 Å². The normalized spacial score (nSPS) is 18.5. The Morgan fingerprint density at radius 1 is 1.15 bits per heavy atom. The molecule has 2 aromatic heterocycles. The molecule has 3 aromatic rings. The zero-order valence-electron chi connectivity index (χ0n) is 19.4. The minimum Gasteiger partial charge on any atom is -0.341 e. The number of nitrogens with two attached hydrogens (primary N) is 1. The van der Waals surface area contributed by atoms with Crippen molar-refractivity contribution in [2.45, 2.75) is 51.2 Å². The molecule has 9 heteroatoms. The van der Waals surface area contributed by atoms with Crippen LogP contribution in [0, 0.1) is 0 Å². The molecule has 0 amide bonds. The number of aromatic nitrogens is 4. The smallest absolute Gasteiger partial charge is 0.332 e. The van der Waals surface area contributed by atoms with Crippen molar-refractivity contribution in [1.82, 2.24) is 18.7 Å². The van der Waals surface area contributed by atoms with Crippen LogP contribution in [0.4, 0.5) is 5.95 Å². The van der Waals surface area contributed by atoms with E-state index in [1.54, 1.807) is 31.3 Å². The SMILES string of the molecule is Cn1c(=O)n(CC(=O)c2ccccc2)c(=O)c2c1nc(N1CCCC(N)C1)n2CC1=CCCC1. The Bertz CT molecular complexity index is 1380. The van der Waals surface area contributed by atoms with E-state index in [1.165, 1.54) is 10.1 Å². The van der Waals surface area contributed by atoms with E-state index in [0.29, 0.717) is 35.8 Å². The number of aryl methyl sites for hydroxylation is 1. The van der Waals surface area contributed by atoms with E-state index in [4.69, 9.17) is 10.7 Å². The van der Waals surface area contributed by atoms with Gasteiger partial charge in [-0.25, -0.2) is 4.79 Å². The van der Waals surface area contributed by atoms with Crippen LogP contribution in [0.5, 0.6) is 0 Å². The summed E-state index contributed by atoms with van der Waals surface area (Å²) in [6, 6.07) is 8.75. The zero-order valence-corrected chi connectivity index (χ0v) is 19.4. The molecule has 0 radical (unpaired) electrons. The number of benzene rings is 1. The van der Waals surface area contributed by atoms with Crippen LogP contribution in [0.15, 0.2) is 51.6 Å². The molecule has 1 aliphatic heterocycles. The molecule has 2 N–H and O–H groups in total. The molecular weight excluding hydrogens is 432 g/mol. The maximum absolute atomic E-state index is 13.7. The highest BCUT2D eigenvalue weighted by Gasteiger charge is 2.27. The Balaban J connectivity index is 1.66. The van der Waals surface area contributed by atoms with Crippen molar-refractivity contribution in [3.63, 3.8) is 0 Å². The van der Waals surface area contributed by atoms with E-state index < -0.39 is 11.2 Å². The van der Waals surface area contributed by atoms with E-state index in [9.17, 15) is 14.4 Å². The Labute approximate surface area is 197 Å². The van der Waals surface area contributed by atoms with Gasteiger partial charge in [0.25, 0.3) is 5.56 Å². The summed E-state index contributed by atoms with van der Waals surface area (Å²) in [7, 11) is 1.60. The number of piperidine rings is 1. The van der Waals surface area contributed by atoms with Crippen LogP contribution >= 0.6 is 0 Å². The van der Waals surface area contributed by atoms with E-state index in [0.717, 1.165) is 43.2 Å². The third-order valence-electron chi connectivity index (χ3n) is 6.85. The van der Waals surface area contributed by atoms with Gasteiger partial charge >= 0.3 is 5.69 Å². The van der Waals surface area contributed by atoms with Crippen LogP contribution < -0.4 is 21.9 Å². The number of carbonyl (C=O) groups is 1. The fourth-order valence-electron chi connectivity index (χ4n) is 5.03. The standard InChI is InChI=1S/C25H30N6O3/c1-28-22-21(23(33)31(25(28)34)16-20(32)18-10-3-2-4-11-18)30(14-17-8-5-6-9-17)24(27-22)29-13-7-12-19(26)15-29/h2-4,8,10-11,19H,5-7,9,12-16,26H2,1H3. The fourth-order valence-corrected chi connectivity index (χ4v) is 5.03. The van der Waals surface area contributed by atoms with Gasteiger partial charge in [0, 0.05) is 38.3 Å². The number of ketones is 1. The van der Waals surface area contributed by atoms with Crippen molar-refractivity contribution < 1.29 is 4.79 Å². The first kappa shape index (κ1) is 22.3. The third-order valence-corrected chi connectivity index (χ3v) is 6.85. The first-order chi connectivity index (χ1) is 16.4. The summed E-state index contributed by atoms with van der Waals surface area (Å²) in [6.45, 7) is 1.67. The molecule has 1 fully saturated rings. The van der Waals surface area contributed by atoms with Crippen LogP contribution in [-0.4, -0.2) is 43.6 Å². The molecule has 0 saturated carbocycles. The topological polar surface area (TPSA) is 108 Å². The molecule has 178 valence electrons. The molecule has 0 bridgehead atoms. The molecule has 1 aromatic carbocycles. The lowest BCUT2D eigenvalue weighted by Crippen LogP contribution is -2.44. The van der Waals surface area contributed by atoms with Crippen LogP contribution in [0.1, 0.15) is 42.5 Å². The Hall–Kier alpha value is -3.46. The second-order valence-corrected chi connectivity index (χ2v) is 9.30. The summed E-state index contributed by atoms with van der Waals surface area (Å²) in [5.74, 6) is 0.378. The number of anilines is 1. The molecular formula is C25H30N6O3. The minimum atomic E-state index is -0.548. The highest BCUT2D eigenvalue weighted by molar-refractivity contribution is 5.95. The van der Waals surface area contributed by atoms with Gasteiger partial charge in [0.2, 0.25) is 5.95 Å². The van der Waals surface area contributed by atoms with Crippen LogP contribution in [0.25, 0.3) is 11.2 Å². The molecule has 1 atom stereocenters. The fraction of sp³-hybridized carbons (Fsp3) is 0.440. The summed E-state index contributed by atoms with van der Waals surface area (Å²) in [4.78, 5) is 46.6. The van der Waals surface area contributed by atoms with Gasteiger partial charge in [0.05, 0.1) is 6.54 Å². The van der Waals surface area contributed by atoms with Gasteiger partial charge in [-0.3, -0.25) is 18.7 Å². The quantitative estimate of drug-likeness (QED) is 0.442. The molecule has 9 nitrogen and oxygen atoms in total. The second kappa shape index (κ2) is 9.06. The number of allylic oxidation sites excluding steroid dienone is 2. The first-order valence-electron chi connectivity index (χ1n) is 11.9. The second-order valence-electron chi connectivity index (χ2n) is 9.30. The summed E-state index contributed by atoms with van der Waals surface area (Å²) >= 11 is 0. The number of imidazole rings is 1. The third kappa shape index (κ3) is 4.00. The molecule has 1 aliphatic carbocycles. The summed E-state index contributed by atoms with van der Waals surface area (Å²) < 4.78 is 4.34. The minimum absolute atomic E-state index is 0.0386. The van der Waals surface area contributed by atoms with Crippen molar-refractivity contribution in [2.24, 2.45) is 12.8 Å². The lowest BCUT2D eigenvalue weighted by atomic mass is 10.1. The number of nitrogens with zero attached hydrogens (tertiary/aromatic N) is 5. The summed E-state index contributed by atoms with van der Waals surface area (Å²) in [5, 5.41) is 0. The molecule has 1 unspecified atom stereocenters. The van der Waals surface area contributed by atoms with Crippen molar-refractivity contribution in [2.75, 3.05) is 18.0 Å². The molecule has 1 saturated heterocycles. The number of carbonyl (C=O) groups excluding carboxylic acids is 1. The van der Waals surface area contributed by atoms with Crippen molar-refractivity contribution in [1.29, 1.82) is 0 Å². The monoisotopic (exact) mass is 462 g/mol. The number of hydrogen-bond donors (Lipinski definition) is 1. The average Bonchev–Trinajstić information content (AvgIpc) is 3.49. The van der Waals surface area contributed by atoms with E-state index in [-0.39, 0.29) is 18.4 Å². The van der Waals surface area contributed by atoms with E-state index in [1.807, 2.05) is 10.6 Å². The molecule has 5 rings (SSSR count). The highest BCUT2D eigenvalue weighted by atomic mass is 16.2. The van der Waals surface area contributed by atoms with Gasteiger partial charge in [-0.05, 0) is 32.1 Å². The zero-order chi connectivity index (χ0) is 23.8. The Morgan fingerprint density at radius 3 is 2.65 bits per heavy atom. The predicted molar refractivity (Wildman–Crippen MR) is 131 cm³/mol. The maximum atomic E-state index is 13.7. The van der Waals surface area contributed by atoms with E-state index >= 15 is 0 Å². The van der Waals surface area contributed by atoms with Crippen LogP contribution in [-0.2, 0) is 20.1 Å². The van der Waals surface area contributed by atoms with Crippen molar-refractivity contribution in [3.8, 4) is 0 Å². The number of rotatable bonds is 6. The van der Waals surface area contributed by atoms with Gasteiger partial charge in [0.1, 0.15) is 0 Å². The van der Waals surface area contributed by atoms with Gasteiger partial charge < -0.3 is 15.2 Å². The van der Waals surface area contributed by atoms with Gasteiger partial charge in [0.15, 0.2) is 16.9 Å². The van der Waals surface area contributed by atoms with Crippen molar-refractivity contribution >= 4 is 22.9 Å². The maximum Gasteiger partial charge on any atom is 0.332 e. The number of fused-ring (bicyclic) bond motifs is 1. The van der Waals surface area contributed by atoms with Gasteiger partial charge in [-0.15, -0.1) is 0 Å². The van der Waals surface area contributed by atoms with Crippen molar-refractivity contribution in [3.05, 3.63) is 68.4 Å². The molecule has 34 heavy (non-hydrogen) atoms. The van der Waals surface area contributed by atoms with Gasteiger partial charge in [-0.2, -0.15) is 4.98 Å². The lowest BCUT2D eigenvalue weighted by molar-refractivity contribution is 0.0969. The average molecular weight is 463 g/mol. The van der Waals surface area contributed by atoms with Crippen LogP contribution in [0.2, 0.25) is 0 Å². The predicted octanol–water partition coefficient (Wildman–Crippen LogP) is 1.82. The molecule has 0 spiro atoms. The Morgan fingerprint density at radius 2 is 1.94 bits per heavy atom. The number of Topliss-reactive ketones (excluding diaryl/α,β-unsaturated/α-hetero) is 1. The highest BCUT2D eigenvalue weighted by Crippen LogP contribution is 2.27. The number of hydrogen-bond acceptors (Lipinski definition) is 6. The summed E-state index contributed by atoms with van der Waals surface area (Å²) in [5.41, 5.74) is 7.61. The molecule has 2 aliphatic rings. The largest absolute Gasteiger partial charge is 0.341 e. The molecule has 3 heterocycles. The lowest BCUT2D eigenvalue weighted by Gasteiger charge is -2.32. The summed E-state index contributed by atoms with van der Waals surface area (Å²) in [6.07, 6.45) is 7.22.